The van der Waals surface area contributed by atoms with Crippen molar-refractivity contribution >= 4 is 52.2 Å². The Morgan fingerprint density at radius 2 is 1.89 bits per heavy atom. The van der Waals surface area contributed by atoms with Gasteiger partial charge in [0, 0.05) is 45.9 Å². The van der Waals surface area contributed by atoms with Crippen molar-refractivity contribution in [1.29, 1.82) is 0 Å². The molecule has 0 spiro atoms. The fourth-order valence-corrected chi connectivity index (χ4v) is 5.34. The van der Waals surface area contributed by atoms with E-state index in [0.717, 1.165) is 0 Å². The van der Waals surface area contributed by atoms with Crippen molar-refractivity contribution in [3.05, 3.63) is 41.4 Å². The lowest BCUT2D eigenvalue weighted by molar-refractivity contribution is -0.193. The lowest BCUT2D eigenvalue weighted by atomic mass is 9.93. The molecule has 0 aliphatic carbocycles. The minimum absolute atomic E-state index is 0.0959. The minimum atomic E-state index is -2.79. The quantitative estimate of drug-likeness (QED) is 0.0864. The van der Waals surface area contributed by atoms with Gasteiger partial charge in [-0.25, -0.2) is 19.4 Å². The van der Waals surface area contributed by atoms with Crippen LogP contribution in [0.4, 0.5) is 16.3 Å². The number of β-amino-alcohol motifs (C(OH)–C–C–N with tert-alkyl or cyclic N) is 1. The second-order valence-electron chi connectivity index (χ2n) is 10.5. The van der Waals surface area contributed by atoms with E-state index in [1.54, 1.807) is 19.2 Å². The first-order valence-electron chi connectivity index (χ1n) is 14.1. The average molecular weight is 660 g/mol. The van der Waals surface area contributed by atoms with Crippen LogP contribution in [0.15, 0.2) is 30.6 Å². The van der Waals surface area contributed by atoms with Gasteiger partial charge in [-0.1, -0.05) is 18.1 Å². The van der Waals surface area contributed by atoms with E-state index in [4.69, 9.17) is 27.5 Å². The molecule has 1 saturated heterocycles. The molecule has 0 saturated carbocycles. The number of imidazole rings is 1. The standard InChI is InChI=1S/C29H34ClN7O9/c1-4-28(44,16-36-17-32-21-22(31-2)33-26(30)34-23(21)36)20(45-3)15-46-29(24(39)40,25(41)42)14-18-6-8-19(9-7-18)37-11-5-10-35(12-13-38)27(37)43/h1,6-9,17,20,38,44H,5,10-16H2,2-3H3,(H,39,40)(H,41,42)(H,31,33,34)/t20-,28+/m1/s1. The number of urea groups is 1. The first kappa shape index (κ1) is 34.3. The number of hydrogen-bond acceptors (Lipinski definition) is 11. The average Bonchev–Trinajstić information content (AvgIpc) is 3.43. The number of halogens is 1. The first-order valence-corrected chi connectivity index (χ1v) is 14.5. The second-order valence-corrected chi connectivity index (χ2v) is 10.9. The molecule has 5 N–H and O–H groups in total. The zero-order valence-electron chi connectivity index (χ0n) is 25.1. The molecule has 1 aliphatic heterocycles. The van der Waals surface area contributed by atoms with Crippen LogP contribution in [-0.4, -0.2) is 127 Å². The fraction of sp³-hybridized carbons (Fsp3) is 0.448. The van der Waals surface area contributed by atoms with E-state index >= 15 is 0 Å². The van der Waals surface area contributed by atoms with Gasteiger partial charge in [0.15, 0.2) is 22.6 Å². The summed E-state index contributed by atoms with van der Waals surface area (Å²) in [4.78, 5) is 53.2. The third kappa shape index (κ3) is 6.83. The van der Waals surface area contributed by atoms with Crippen LogP contribution in [0.2, 0.25) is 5.28 Å². The van der Waals surface area contributed by atoms with Gasteiger partial charge in [-0.3, -0.25) is 4.90 Å². The third-order valence-electron chi connectivity index (χ3n) is 7.71. The molecule has 1 aliphatic rings. The number of anilines is 2. The second kappa shape index (κ2) is 14.3. The maximum Gasteiger partial charge on any atom is 0.348 e. The smallest absolute Gasteiger partial charge is 0.348 e. The van der Waals surface area contributed by atoms with E-state index in [0.29, 0.717) is 36.5 Å². The predicted molar refractivity (Wildman–Crippen MR) is 165 cm³/mol. The van der Waals surface area contributed by atoms with Gasteiger partial charge in [-0.15, -0.1) is 6.42 Å². The number of rotatable bonds is 15. The normalized spacial score (nSPS) is 15.8. The van der Waals surface area contributed by atoms with Crippen LogP contribution in [0.1, 0.15) is 12.0 Å². The predicted octanol–water partition coefficient (Wildman–Crippen LogP) is 0.692. The number of aliphatic carboxylic acids is 2. The Labute approximate surface area is 268 Å². The molecule has 246 valence electrons. The number of fused-ring (bicyclic) bond motifs is 1. The monoisotopic (exact) mass is 659 g/mol. The Bertz CT molecular complexity index is 1610. The topological polar surface area (TPSA) is 213 Å². The van der Waals surface area contributed by atoms with E-state index in [1.165, 1.54) is 39.9 Å². The summed E-state index contributed by atoms with van der Waals surface area (Å²) in [5.74, 6) is -1.01. The van der Waals surface area contributed by atoms with Crippen molar-refractivity contribution < 1.29 is 44.3 Å². The number of carboxylic acids is 2. The molecule has 2 amide bonds. The van der Waals surface area contributed by atoms with Crippen LogP contribution < -0.4 is 10.2 Å². The molecular weight excluding hydrogens is 626 g/mol. The molecule has 1 aromatic carbocycles. The summed E-state index contributed by atoms with van der Waals surface area (Å²) >= 11 is 6.03. The largest absolute Gasteiger partial charge is 0.479 e. The van der Waals surface area contributed by atoms with Crippen molar-refractivity contribution in [3.8, 4) is 12.3 Å². The molecule has 0 bridgehead atoms. The number of carboxylic acid groups (broad SMARTS) is 2. The molecule has 0 unspecified atom stereocenters. The van der Waals surface area contributed by atoms with Gasteiger partial charge in [0.05, 0.1) is 26.1 Å². The summed E-state index contributed by atoms with van der Waals surface area (Å²) in [5.41, 5.74) is -3.58. The molecule has 46 heavy (non-hydrogen) atoms. The van der Waals surface area contributed by atoms with Crippen molar-refractivity contribution in [1.82, 2.24) is 24.4 Å². The van der Waals surface area contributed by atoms with Crippen LogP contribution >= 0.6 is 11.6 Å². The summed E-state index contributed by atoms with van der Waals surface area (Å²) in [6.07, 6.45) is 5.71. The van der Waals surface area contributed by atoms with E-state index in [1.807, 2.05) is 0 Å². The minimum Gasteiger partial charge on any atom is -0.479 e. The highest BCUT2D eigenvalue weighted by Gasteiger charge is 2.50. The first-order chi connectivity index (χ1) is 21.9. The van der Waals surface area contributed by atoms with E-state index < -0.39 is 42.3 Å². The zero-order valence-corrected chi connectivity index (χ0v) is 25.8. The van der Waals surface area contributed by atoms with E-state index in [9.17, 15) is 34.8 Å². The Kier molecular flexibility index (Phi) is 10.7. The number of hydrogen-bond donors (Lipinski definition) is 5. The Morgan fingerprint density at radius 3 is 2.48 bits per heavy atom. The molecule has 1 fully saturated rings. The molecule has 2 atom stereocenters. The molecule has 3 heterocycles. The Morgan fingerprint density at radius 1 is 1.20 bits per heavy atom. The summed E-state index contributed by atoms with van der Waals surface area (Å²) < 4.78 is 12.4. The van der Waals surface area contributed by atoms with Gasteiger partial charge in [0.2, 0.25) is 5.28 Å². The summed E-state index contributed by atoms with van der Waals surface area (Å²) in [6.45, 7) is -0.115. The van der Waals surface area contributed by atoms with Gasteiger partial charge < -0.3 is 44.7 Å². The van der Waals surface area contributed by atoms with Gasteiger partial charge >= 0.3 is 18.0 Å². The number of aliphatic hydroxyl groups excluding tert-OH is 1. The number of carbonyl (C=O) groups is 3. The number of benzene rings is 1. The number of aliphatic hydroxyl groups is 2. The maximum absolute atomic E-state index is 12.8. The fourth-order valence-electron chi connectivity index (χ4n) is 5.17. The molecule has 3 aromatic rings. The third-order valence-corrected chi connectivity index (χ3v) is 7.88. The van der Waals surface area contributed by atoms with Crippen LogP contribution in [0.5, 0.6) is 0 Å². The van der Waals surface area contributed by atoms with Crippen LogP contribution in [-0.2, 0) is 32.0 Å². The number of aromatic nitrogens is 4. The molecule has 17 heteroatoms. The van der Waals surface area contributed by atoms with E-state index in [2.05, 4.69) is 26.2 Å². The number of amides is 2. The zero-order chi connectivity index (χ0) is 33.6. The molecule has 2 aromatic heterocycles. The van der Waals surface area contributed by atoms with Crippen molar-refractivity contribution in [2.75, 3.05) is 57.2 Å². The van der Waals surface area contributed by atoms with Gasteiger partial charge in [-0.05, 0) is 35.7 Å². The Hall–Kier alpha value is -4.53. The van der Waals surface area contributed by atoms with Gasteiger partial charge in [-0.2, -0.15) is 9.97 Å². The lowest BCUT2D eigenvalue weighted by Gasteiger charge is -2.35. The highest BCUT2D eigenvalue weighted by molar-refractivity contribution is 6.28. The Balaban J connectivity index is 1.55. The maximum atomic E-state index is 12.8. The highest BCUT2D eigenvalue weighted by atomic mass is 35.5. The molecular formula is C29H34ClN7O9. The number of ether oxygens (including phenoxy) is 2. The van der Waals surface area contributed by atoms with Gasteiger partial charge in [0.25, 0.3) is 5.60 Å². The van der Waals surface area contributed by atoms with E-state index in [-0.39, 0.29) is 42.2 Å². The number of terminal acetylenes is 1. The summed E-state index contributed by atoms with van der Waals surface area (Å²) in [6, 6.07) is 5.86. The van der Waals surface area contributed by atoms with Crippen LogP contribution in [0.3, 0.4) is 0 Å². The van der Waals surface area contributed by atoms with Crippen LogP contribution in [0, 0.1) is 12.3 Å². The highest BCUT2D eigenvalue weighted by Crippen LogP contribution is 2.28. The van der Waals surface area contributed by atoms with Crippen molar-refractivity contribution in [3.63, 3.8) is 0 Å². The van der Waals surface area contributed by atoms with Gasteiger partial charge in [0.1, 0.15) is 6.10 Å². The SMILES string of the molecule is C#C[C@](O)(Cn1cnc2c(NC)nc(Cl)nc21)[C@@H](COC(Cc1ccc(N2CCCN(CCO)C2=O)cc1)(C(=O)O)C(=O)O)OC. The summed E-state index contributed by atoms with van der Waals surface area (Å²) in [5, 5.41) is 43.7. The molecule has 4 rings (SSSR count). The number of carbonyl (C=O) groups excluding carboxylic acids is 1. The number of nitrogens with zero attached hydrogens (tertiary/aromatic N) is 6. The number of methoxy groups -OCH3 is 1. The summed E-state index contributed by atoms with van der Waals surface area (Å²) in [7, 11) is 2.81. The lowest BCUT2D eigenvalue weighted by Crippen LogP contribution is -2.55. The number of nitrogens with one attached hydrogen (secondary N) is 1. The van der Waals surface area contributed by atoms with Crippen molar-refractivity contribution in [2.45, 2.75) is 36.7 Å². The van der Waals surface area contributed by atoms with Crippen molar-refractivity contribution in [2.24, 2.45) is 0 Å². The molecule has 0 radical (unpaired) electrons. The molecule has 16 nitrogen and oxygen atoms in total. The van der Waals surface area contributed by atoms with Crippen LogP contribution in [0.25, 0.3) is 11.2 Å².